The molecule has 0 saturated carbocycles. The second-order valence-corrected chi connectivity index (χ2v) is 6.78. The molecule has 1 aromatic carbocycles. The number of nitrogens with zero attached hydrogens (tertiary/aromatic N) is 2. The van der Waals surface area contributed by atoms with Crippen molar-refractivity contribution in [3.8, 4) is 0 Å². The van der Waals surface area contributed by atoms with Crippen molar-refractivity contribution < 1.29 is 17.9 Å². The first-order valence-electron chi connectivity index (χ1n) is 8.07. The lowest BCUT2D eigenvalue weighted by molar-refractivity contribution is -0.138. The Morgan fingerprint density at radius 3 is 2.52 bits per heavy atom. The van der Waals surface area contributed by atoms with Crippen LogP contribution in [0.4, 0.5) is 13.2 Å². The molecule has 1 atom stereocenters. The monoisotopic (exact) mass is 328 g/mol. The van der Waals surface area contributed by atoms with Crippen molar-refractivity contribution in [2.24, 2.45) is 0 Å². The zero-order valence-corrected chi connectivity index (χ0v) is 13.4. The lowest BCUT2D eigenvalue weighted by atomic mass is 9.91. The third kappa shape index (κ3) is 4.05. The molecule has 0 bridgehead atoms. The molecule has 2 heterocycles. The molecular weight excluding hydrogens is 305 g/mol. The predicted molar refractivity (Wildman–Crippen MR) is 82.1 cm³/mol. The molecule has 0 aliphatic carbocycles. The van der Waals surface area contributed by atoms with Gasteiger partial charge in [0, 0.05) is 26.2 Å². The van der Waals surface area contributed by atoms with Crippen molar-refractivity contribution >= 4 is 0 Å². The van der Waals surface area contributed by atoms with Crippen molar-refractivity contribution in [2.75, 3.05) is 39.8 Å². The van der Waals surface area contributed by atoms with Gasteiger partial charge in [-0.1, -0.05) is 12.1 Å². The number of piperidine rings is 1. The van der Waals surface area contributed by atoms with Gasteiger partial charge in [-0.05, 0) is 44.1 Å². The van der Waals surface area contributed by atoms with Crippen LogP contribution in [0, 0.1) is 0 Å². The van der Waals surface area contributed by atoms with E-state index in [4.69, 9.17) is 4.74 Å². The molecule has 6 heteroatoms. The molecule has 2 aliphatic rings. The van der Waals surface area contributed by atoms with Gasteiger partial charge in [-0.15, -0.1) is 0 Å². The normalized spacial score (nSPS) is 27.5. The summed E-state index contributed by atoms with van der Waals surface area (Å²) in [6.45, 7) is 5.06. The molecule has 1 spiro atoms. The zero-order valence-electron chi connectivity index (χ0n) is 13.4. The summed E-state index contributed by atoms with van der Waals surface area (Å²) in [6, 6.07) is 5.50. The predicted octanol–water partition coefficient (Wildman–Crippen LogP) is 3.00. The molecule has 128 valence electrons. The van der Waals surface area contributed by atoms with Gasteiger partial charge in [0.25, 0.3) is 0 Å². The molecular formula is C17H23F3N2O. The van der Waals surface area contributed by atoms with Crippen molar-refractivity contribution in [3.05, 3.63) is 35.4 Å². The minimum absolute atomic E-state index is 0.114. The summed E-state index contributed by atoms with van der Waals surface area (Å²) in [5.41, 5.74) is 0.213. The fraction of sp³-hybridized carbons (Fsp3) is 0.647. The zero-order chi connectivity index (χ0) is 16.5. The summed E-state index contributed by atoms with van der Waals surface area (Å²) in [6.07, 6.45) is -2.08. The van der Waals surface area contributed by atoms with Crippen LogP contribution in [0.25, 0.3) is 0 Å². The highest BCUT2D eigenvalue weighted by Gasteiger charge is 2.39. The van der Waals surface area contributed by atoms with E-state index in [1.165, 1.54) is 12.1 Å². The number of hydrogen-bond acceptors (Lipinski definition) is 3. The Labute approximate surface area is 135 Å². The van der Waals surface area contributed by atoms with Crippen molar-refractivity contribution in [1.82, 2.24) is 9.80 Å². The number of ether oxygens (including phenoxy) is 1. The van der Waals surface area contributed by atoms with Crippen molar-refractivity contribution in [1.29, 1.82) is 0 Å². The number of likely N-dealkylation sites (N-methyl/N-ethyl adjacent to an activating group) is 1. The fourth-order valence-corrected chi connectivity index (χ4v) is 3.68. The molecule has 2 fully saturated rings. The average Bonchev–Trinajstić information content (AvgIpc) is 2.46. The number of likely N-dealkylation sites (tertiary alicyclic amines) is 1. The number of rotatable bonds is 2. The Morgan fingerprint density at radius 1 is 1.13 bits per heavy atom. The second-order valence-electron chi connectivity index (χ2n) is 6.78. The quantitative estimate of drug-likeness (QED) is 0.830. The van der Waals surface area contributed by atoms with Gasteiger partial charge in [0.2, 0.25) is 0 Å². The molecule has 0 aromatic heterocycles. The molecule has 2 saturated heterocycles. The summed E-state index contributed by atoms with van der Waals surface area (Å²) in [7, 11) is 2.11. The van der Waals surface area contributed by atoms with Crippen LogP contribution in [0.2, 0.25) is 0 Å². The van der Waals surface area contributed by atoms with E-state index in [0.29, 0.717) is 13.2 Å². The van der Waals surface area contributed by atoms with Gasteiger partial charge < -0.3 is 9.64 Å². The van der Waals surface area contributed by atoms with Gasteiger partial charge in [-0.2, -0.15) is 13.2 Å². The average molecular weight is 328 g/mol. The van der Waals surface area contributed by atoms with E-state index in [9.17, 15) is 13.2 Å². The van der Waals surface area contributed by atoms with E-state index >= 15 is 0 Å². The van der Waals surface area contributed by atoms with Gasteiger partial charge in [0.1, 0.15) is 0 Å². The fourth-order valence-electron chi connectivity index (χ4n) is 3.68. The summed E-state index contributed by atoms with van der Waals surface area (Å²) in [4.78, 5) is 4.59. The summed E-state index contributed by atoms with van der Waals surface area (Å²) in [5, 5.41) is 0. The van der Waals surface area contributed by atoms with E-state index in [1.54, 1.807) is 12.1 Å². The maximum atomic E-state index is 12.6. The van der Waals surface area contributed by atoms with E-state index in [-0.39, 0.29) is 5.60 Å². The topological polar surface area (TPSA) is 15.7 Å². The number of morpholine rings is 1. The van der Waals surface area contributed by atoms with Crippen LogP contribution in [0.1, 0.15) is 24.0 Å². The highest BCUT2D eigenvalue weighted by atomic mass is 19.4. The van der Waals surface area contributed by atoms with E-state index in [2.05, 4.69) is 16.8 Å². The number of halogens is 3. The second kappa shape index (κ2) is 6.42. The van der Waals surface area contributed by atoms with Crippen LogP contribution >= 0.6 is 0 Å². The molecule has 3 rings (SSSR count). The maximum Gasteiger partial charge on any atom is 0.416 e. The Bertz CT molecular complexity index is 528. The largest absolute Gasteiger partial charge is 0.416 e. The minimum Gasteiger partial charge on any atom is -0.371 e. The van der Waals surface area contributed by atoms with Crippen molar-refractivity contribution in [3.63, 3.8) is 0 Å². The molecule has 2 aliphatic heterocycles. The SMILES string of the molecule is CN1CCC[C@]2(C1)CN(Cc1ccc(C(F)(F)F)cc1)CCO2. The third-order valence-electron chi connectivity index (χ3n) is 4.75. The maximum absolute atomic E-state index is 12.6. The number of alkyl halides is 3. The van der Waals surface area contributed by atoms with Crippen LogP contribution in [0.15, 0.2) is 24.3 Å². The Kier molecular flexibility index (Phi) is 4.67. The van der Waals surface area contributed by atoms with Gasteiger partial charge in [-0.25, -0.2) is 0 Å². The lowest BCUT2D eigenvalue weighted by Gasteiger charge is -2.47. The van der Waals surface area contributed by atoms with Crippen LogP contribution < -0.4 is 0 Å². The molecule has 0 radical (unpaired) electrons. The van der Waals surface area contributed by atoms with Crippen LogP contribution in [-0.4, -0.2) is 55.2 Å². The van der Waals surface area contributed by atoms with Crippen LogP contribution in [0.5, 0.6) is 0 Å². The van der Waals surface area contributed by atoms with Crippen LogP contribution in [0.3, 0.4) is 0 Å². The lowest BCUT2D eigenvalue weighted by Crippen LogP contribution is -2.58. The third-order valence-corrected chi connectivity index (χ3v) is 4.75. The van der Waals surface area contributed by atoms with Crippen LogP contribution in [-0.2, 0) is 17.5 Å². The number of benzene rings is 1. The van der Waals surface area contributed by atoms with E-state index in [1.807, 2.05) is 0 Å². The first kappa shape index (κ1) is 16.7. The first-order chi connectivity index (χ1) is 10.9. The van der Waals surface area contributed by atoms with Gasteiger partial charge in [0.15, 0.2) is 0 Å². The Morgan fingerprint density at radius 2 is 1.87 bits per heavy atom. The molecule has 23 heavy (non-hydrogen) atoms. The molecule has 3 nitrogen and oxygen atoms in total. The van der Waals surface area contributed by atoms with Gasteiger partial charge in [0.05, 0.1) is 17.8 Å². The minimum atomic E-state index is -4.27. The van der Waals surface area contributed by atoms with Gasteiger partial charge >= 0.3 is 6.18 Å². The first-order valence-corrected chi connectivity index (χ1v) is 8.07. The molecule has 1 aromatic rings. The molecule has 0 N–H and O–H groups in total. The van der Waals surface area contributed by atoms with E-state index < -0.39 is 11.7 Å². The van der Waals surface area contributed by atoms with Gasteiger partial charge in [-0.3, -0.25) is 4.90 Å². The van der Waals surface area contributed by atoms with Crippen molar-refractivity contribution in [2.45, 2.75) is 31.2 Å². The summed E-state index contributed by atoms with van der Waals surface area (Å²) < 4.78 is 43.9. The smallest absolute Gasteiger partial charge is 0.371 e. The Hall–Kier alpha value is -1.11. The summed E-state index contributed by atoms with van der Waals surface area (Å²) >= 11 is 0. The summed E-state index contributed by atoms with van der Waals surface area (Å²) in [5.74, 6) is 0. The highest BCUT2D eigenvalue weighted by Crippen LogP contribution is 2.31. The standard InChI is InChI=1S/C17H23F3N2O/c1-21-8-2-7-16(12-21)13-22(9-10-23-16)11-14-3-5-15(6-4-14)17(18,19)20/h3-6H,2,7-13H2,1H3/t16-/m0/s1. The molecule has 0 unspecified atom stereocenters. The Balaban J connectivity index is 1.63. The number of hydrogen-bond donors (Lipinski definition) is 0. The molecule has 0 amide bonds. The highest BCUT2D eigenvalue weighted by molar-refractivity contribution is 5.24. The van der Waals surface area contributed by atoms with E-state index in [0.717, 1.165) is 44.6 Å².